The van der Waals surface area contributed by atoms with E-state index in [1.807, 2.05) is 29.0 Å². The van der Waals surface area contributed by atoms with Crippen LogP contribution in [0, 0.1) is 0 Å². The van der Waals surface area contributed by atoms with Crippen LogP contribution in [0.5, 0.6) is 0 Å². The van der Waals surface area contributed by atoms with E-state index in [-0.39, 0.29) is 24.2 Å². The first-order chi connectivity index (χ1) is 15.4. The van der Waals surface area contributed by atoms with E-state index >= 15 is 0 Å². The van der Waals surface area contributed by atoms with Crippen LogP contribution in [0.1, 0.15) is 23.1 Å². The van der Waals surface area contributed by atoms with Gasteiger partial charge in [-0.05, 0) is 58.8 Å². The first-order valence-corrected chi connectivity index (χ1v) is 10.8. The van der Waals surface area contributed by atoms with Gasteiger partial charge in [-0.25, -0.2) is 4.98 Å². The molecule has 4 rings (SSSR count). The first kappa shape index (κ1) is 21.3. The fraction of sp³-hybridized carbons (Fsp3) is 0.130. The lowest BCUT2D eigenvalue weighted by molar-refractivity contribution is -0.119. The van der Waals surface area contributed by atoms with E-state index < -0.39 is 5.91 Å². The molecular formula is C23H21N5O3S. The topological polar surface area (TPSA) is 110 Å². The number of carbonyl (C=O) groups is 3. The van der Waals surface area contributed by atoms with Gasteiger partial charge in [0.1, 0.15) is 6.54 Å². The van der Waals surface area contributed by atoms with Crippen molar-refractivity contribution in [1.29, 1.82) is 0 Å². The predicted octanol–water partition coefficient (Wildman–Crippen LogP) is 3.39. The average molecular weight is 448 g/mol. The number of nitrogens with one attached hydrogen (secondary N) is 1. The number of fused-ring (bicyclic) bond motifs is 1. The van der Waals surface area contributed by atoms with Gasteiger partial charge in [-0.15, -0.1) is 0 Å². The summed E-state index contributed by atoms with van der Waals surface area (Å²) in [7, 11) is 0. The zero-order valence-electron chi connectivity index (χ0n) is 17.3. The SMILES string of the molecule is CC(=O)Nc1ccc(N(Cc2ccsc2)C(=O)Cn2c(C(N)=O)nc3ccccc32)cc1. The molecule has 0 aliphatic heterocycles. The van der Waals surface area contributed by atoms with E-state index in [0.717, 1.165) is 5.56 Å². The van der Waals surface area contributed by atoms with Gasteiger partial charge in [0, 0.05) is 18.3 Å². The van der Waals surface area contributed by atoms with Crippen LogP contribution in [0.25, 0.3) is 11.0 Å². The summed E-state index contributed by atoms with van der Waals surface area (Å²) in [5, 5.41) is 6.65. The van der Waals surface area contributed by atoms with E-state index in [1.54, 1.807) is 57.2 Å². The first-order valence-electron chi connectivity index (χ1n) is 9.86. The molecule has 8 nitrogen and oxygen atoms in total. The molecule has 4 aromatic rings. The standard InChI is InChI=1S/C23H21N5O3S/c1-15(29)25-17-6-8-18(9-7-17)27(12-16-10-11-32-14-16)21(30)13-28-20-5-3-2-4-19(20)26-23(28)22(24)31/h2-11,14H,12-13H2,1H3,(H2,24,31)(H,25,29). The molecule has 3 amide bonds. The number of imidazole rings is 1. The van der Waals surface area contributed by atoms with Crippen molar-refractivity contribution < 1.29 is 14.4 Å². The van der Waals surface area contributed by atoms with Gasteiger partial charge in [0.05, 0.1) is 17.6 Å². The molecule has 0 fully saturated rings. The third kappa shape index (κ3) is 4.52. The number of rotatable bonds is 7. The number of hydrogen-bond donors (Lipinski definition) is 2. The Morgan fingerprint density at radius 2 is 1.84 bits per heavy atom. The van der Waals surface area contributed by atoms with Crippen molar-refractivity contribution in [2.45, 2.75) is 20.0 Å². The van der Waals surface area contributed by atoms with Crippen LogP contribution in [0.3, 0.4) is 0 Å². The predicted molar refractivity (Wildman–Crippen MR) is 125 cm³/mol. The molecule has 0 aliphatic rings. The van der Waals surface area contributed by atoms with E-state index in [9.17, 15) is 14.4 Å². The zero-order chi connectivity index (χ0) is 22.7. The quantitative estimate of drug-likeness (QED) is 0.452. The maximum Gasteiger partial charge on any atom is 0.284 e. The number of primary amides is 1. The number of carbonyl (C=O) groups excluding carboxylic acids is 3. The van der Waals surface area contributed by atoms with Crippen LogP contribution in [-0.2, 0) is 22.7 Å². The summed E-state index contributed by atoms with van der Waals surface area (Å²) >= 11 is 1.55. The largest absolute Gasteiger partial charge is 0.363 e. The lowest BCUT2D eigenvalue weighted by Crippen LogP contribution is -2.34. The molecule has 2 aromatic carbocycles. The van der Waals surface area contributed by atoms with Gasteiger partial charge in [-0.1, -0.05) is 12.1 Å². The fourth-order valence-corrected chi connectivity index (χ4v) is 4.12. The second-order valence-corrected chi connectivity index (χ2v) is 7.99. The number of nitrogens with two attached hydrogens (primary N) is 1. The fourth-order valence-electron chi connectivity index (χ4n) is 3.46. The molecule has 0 aliphatic carbocycles. The second kappa shape index (κ2) is 9.03. The third-order valence-corrected chi connectivity index (χ3v) is 5.62. The molecule has 0 saturated carbocycles. The molecule has 162 valence electrons. The summed E-state index contributed by atoms with van der Waals surface area (Å²) < 4.78 is 1.55. The van der Waals surface area contributed by atoms with Crippen LogP contribution in [0.4, 0.5) is 11.4 Å². The summed E-state index contributed by atoms with van der Waals surface area (Å²) in [5.74, 6) is -1.06. The van der Waals surface area contributed by atoms with Gasteiger partial charge in [-0.2, -0.15) is 11.3 Å². The Kier molecular flexibility index (Phi) is 6.00. The van der Waals surface area contributed by atoms with Gasteiger partial charge < -0.3 is 20.5 Å². The summed E-state index contributed by atoms with van der Waals surface area (Å²) in [6, 6.07) is 16.2. The van der Waals surface area contributed by atoms with E-state index in [2.05, 4.69) is 10.3 Å². The Morgan fingerprint density at radius 3 is 2.50 bits per heavy atom. The number of benzene rings is 2. The maximum atomic E-state index is 13.5. The minimum atomic E-state index is -0.696. The van der Waals surface area contributed by atoms with Gasteiger partial charge in [-0.3, -0.25) is 14.4 Å². The van der Waals surface area contributed by atoms with Crippen molar-refractivity contribution in [2.75, 3.05) is 10.2 Å². The molecule has 2 heterocycles. The summed E-state index contributed by atoms with van der Waals surface area (Å²) in [6.45, 7) is 1.70. The normalized spacial score (nSPS) is 10.8. The van der Waals surface area contributed by atoms with E-state index in [1.165, 1.54) is 6.92 Å². The van der Waals surface area contributed by atoms with E-state index in [0.29, 0.717) is 29.0 Å². The summed E-state index contributed by atoms with van der Waals surface area (Å²) in [5.41, 5.74) is 9.07. The molecular weight excluding hydrogens is 426 g/mol. The highest BCUT2D eigenvalue weighted by Crippen LogP contribution is 2.23. The Bertz CT molecular complexity index is 1280. The maximum absolute atomic E-state index is 13.5. The number of thiophene rings is 1. The van der Waals surface area contributed by atoms with Crippen LogP contribution >= 0.6 is 11.3 Å². The second-order valence-electron chi connectivity index (χ2n) is 7.21. The van der Waals surface area contributed by atoms with Crippen molar-refractivity contribution in [3.8, 4) is 0 Å². The van der Waals surface area contributed by atoms with Crippen LogP contribution in [-0.4, -0.2) is 27.3 Å². The molecule has 0 unspecified atom stereocenters. The molecule has 0 bridgehead atoms. The Labute approximate surface area is 188 Å². The van der Waals surface area contributed by atoms with Crippen molar-refractivity contribution in [3.05, 3.63) is 76.7 Å². The number of para-hydroxylation sites is 2. The number of anilines is 2. The van der Waals surface area contributed by atoms with Crippen molar-refractivity contribution in [3.63, 3.8) is 0 Å². The molecule has 0 atom stereocenters. The summed E-state index contributed by atoms with van der Waals surface area (Å²) in [4.78, 5) is 42.7. The summed E-state index contributed by atoms with van der Waals surface area (Å²) in [6.07, 6.45) is 0. The molecule has 32 heavy (non-hydrogen) atoms. The average Bonchev–Trinajstić information content (AvgIpc) is 3.40. The van der Waals surface area contributed by atoms with Gasteiger partial charge >= 0.3 is 0 Å². The van der Waals surface area contributed by atoms with E-state index in [4.69, 9.17) is 5.73 Å². The lowest BCUT2D eigenvalue weighted by Gasteiger charge is -2.23. The monoisotopic (exact) mass is 447 g/mol. The minimum Gasteiger partial charge on any atom is -0.363 e. The Balaban J connectivity index is 1.68. The molecule has 9 heteroatoms. The Hall–Kier alpha value is -3.98. The molecule has 3 N–H and O–H groups in total. The number of hydrogen-bond acceptors (Lipinski definition) is 5. The number of amides is 3. The highest BCUT2D eigenvalue weighted by atomic mass is 32.1. The van der Waals surface area contributed by atoms with Crippen LogP contribution in [0.15, 0.2) is 65.4 Å². The zero-order valence-corrected chi connectivity index (χ0v) is 18.1. The molecule has 2 aromatic heterocycles. The van der Waals surface area contributed by atoms with Gasteiger partial charge in [0.2, 0.25) is 11.8 Å². The number of aromatic nitrogens is 2. The highest BCUT2D eigenvalue weighted by molar-refractivity contribution is 7.07. The van der Waals surface area contributed by atoms with Gasteiger partial charge in [0.25, 0.3) is 5.91 Å². The minimum absolute atomic E-state index is 0.0380. The van der Waals surface area contributed by atoms with Crippen molar-refractivity contribution in [1.82, 2.24) is 9.55 Å². The lowest BCUT2D eigenvalue weighted by atomic mass is 10.2. The highest BCUT2D eigenvalue weighted by Gasteiger charge is 2.22. The molecule has 0 spiro atoms. The number of nitrogens with zero attached hydrogens (tertiary/aromatic N) is 3. The van der Waals surface area contributed by atoms with Crippen molar-refractivity contribution in [2.24, 2.45) is 5.73 Å². The smallest absolute Gasteiger partial charge is 0.284 e. The third-order valence-electron chi connectivity index (χ3n) is 4.89. The Morgan fingerprint density at radius 1 is 1.09 bits per heavy atom. The van der Waals surface area contributed by atoms with Crippen LogP contribution in [0.2, 0.25) is 0 Å². The van der Waals surface area contributed by atoms with Crippen LogP contribution < -0.4 is 16.0 Å². The molecule has 0 radical (unpaired) electrons. The van der Waals surface area contributed by atoms with Gasteiger partial charge in [0.15, 0.2) is 5.82 Å². The van der Waals surface area contributed by atoms with Crippen molar-refractivity contribution >= 4 is 51.5 Å². The molecule has 0 saturated heterocycles.